The van der Waals surface area contributed by atoms with Gasteiger partial charge < -0.3 is 4.79 Å². The van der Waals surface area contributed by atoms with Crippen LogP contribution in [0.2, 0.25) is 0 Å². The first-order valence-electron chi connectivity index (χ1n) is 12.1. The Morgan fingerprint density at radius 2 is 0.778 bits per heavy atom. The molecule has 0 aromatic rings. The first-order valence-corrected chi connectivity index (χ1v) is 12.1. The number of carbonyl (C=O) groups excluding carboxylic acids is 2. The summed E-state index contributed by atoms with van der Waals surface area (Å²) in [5, 5.41) is 0. The van der Waals surface area contributed by atoms with Gasteiger partial charge in [-0.15, -0.1) is 0 Å². The molecule has 0 aliphatic rings. The van der Waals surface area contributed by atoms with E-state index in [1.165, 1.54) is 77.0 Å². The monoisotopic (exact) mass is 382 g/mol. The van der Waals surface area contributed by atoms with Gasteiger partial charge in [0.05, 0.1) is 0 Å². The SMILES string of the molecule is CCCCCCCC(=O)CCCC.CCCCCCCCCCCC(C)=O. The highest BCUT2D eigenvalue weighted by Gasteiger charge is 2.00. The summed E-state index contributed by atoms with van der Waals surface area (Å²) in [4.78, 5) is 21.9. The van der Waals surface area contributed by atoms with Crippen LogP contribution in [0.3, 0.4) is 0 Å². The number of hydrogen-bond acceptors (Lipinski definition) is 2. The summed E-state index contributed by atoms with van der Waals surface area (Å²) in [5.41, 5.74) is 0. The minimum Gasteiger partial charge on any atom is -0.300 e. The van der Waals surface area contributed by atoms with Gasteiger partial charge in [0, 0.05) is 19.3 Å². The molecule has 0 atom stereocenters. The van der Waals surface area contributed by atoms with Crippen molar-refractivity contribution in [1.29, 1.82) is 0 Å². The average molecular weight is 383 g/mol. The molecule has 162 valence electrons. The van der Waals surface area contributed by atoms with Crippen LogP contribution < -0.4 is 0 Å². The van der Waals surface area contributed by atoms with Gasteiger partial charge in [0.1, 0.15) is 11.6 Å². The molecule has 0 fully saturated rings. The summed E-state index contributed by atoms with van der Waals surface area (Å²) >= 11 is 0. The summed E-state index contributed by atoms with van der Waals surface area (Å²) in [7, 11) is 0. The molecule has 0 rings (SSSR count). The van der Waals surface area contributed by atoms with Gasteiger partial charge in [-0.1, -0.05) is 104 Å². The fourth-order valence-electron chi connectivity index (χ4n) is 3.11. The van der Waals surface area contributed by atoms with Crippen LogP contribution >= 0.6 is 0 Å². The highest BCUT2D eigenvalue weighted by molar-refractivity contribution is 5.78. The highest BCUT2D eigenvalue weighted by atomic mass is 16.1. The minimum absolute atomic E-state index is 0.341. The van der Waals surface area contributed by atoms with E-state index in [9.17, 15) is 9.59 Å². The second kappa shape index (κ2) is 25.3. The lowest BCUT2D eigenvalue weighted by Crippen LogP contribution is -1.96. The maximum Gasteiger partial charge on any atom is 0.132 e. The van der Waals surface area contributed by atoms with Crippen LogP contribution in [0.5, 0.6) is 0 Å². The van der Waals surface area contributed by atoms with Crippen molar-refractivity contribution in [2.75, 3.05) is 0 Å². The Balaban J connectivity index is 0. The number of Topliss-reactive ketones (excluding diaryl/α,β-unsaturated/α-hetero) is 2. The Labute approximate surface area is 171 Å². The Hall–Kier alpha value is -0.660. The van der Waals surface area contributed by atoms with Crippen molar-refractivity contribution in [3.05, 3.63) is 0 Å². The Kier molecular flexibility index (Phi) is 26.8. The zero-order chi connectivity index (χ0) is 20.6. The molecular formula is C25H50O2. The Morgan fingerprint density at radius 3 is 1.19 bits per heavy atom. The minimum atomic E-state index is 0.341. The van der Waals surface area contributed by atoms with Gasteiger partial charge in [-0.3, -0.25) is 4.79 Å². The van der Waals surface area contributed by atoms with Gasteiger partial charge in [0.25, 0.3) is 0 Å². The van der Waals surface area contributed by atoms with E-state index < -0.39 is 0 Å². The molecule has 0 heterocycles. The van der Waals surface area contributed by atoms with E-state index in [1.54, 1.807) is 6.92 Å². The van der Waals surface area contributed by atoms with Gasteiger partial charge in [0.2, 0.25) is 0 Å². The zero-order valence-corrected chi connectivity index (χ0v) is 19.3. The zero-order valence-electron chi connectivity index (χ0n) is 19.3. The largest absolute Gasteiger partial charge is 0.300 e. The van der Waals surface area contributed by atoms with Crippen LogP contribution in [-0.2, 0) is 9.59 Å². The second-order valence-corrected chi connectivity index (χ2v) is 8.09. The summed E-state index contributed by atoms with van der Waals surface area (Å²) in [6.45, 7) is 8.29. The van der Waals surface area contributed by atoms with E-state index in [1.807, 2.05) is 0 Å². The molecule has 0 bridgehead atoms. The summed E-state index contributed by atoms with van der Waals surface area (Å²) in [5.74, 6) is 0.811. The van der Waals surface area contributed by atoms with Crippen LogP contribution in [0.25, 0.3) is 0 Å². The lowest BCUT2D eigenvalue weighted by atomic mass is 10.1. The fourth-order valence-corrected chi connectivity index (χ4v) is 3.11. The van der Waals surface area contributed by atoms with Crippen LogP contribution in [0, 0.1) is 0 Å². The molecule has 0 saturated heterocycles. The fraction of sp³-hybridized carbons (Fsp3) is 0.920. The van der Waals surface area contributed by atoms with Crippen molar-refractivity contribution >= 4 is 11.6 Å². The van der Waals surface area contributed by atoms with Gasteiger partial charge in [-0.05, 0) is 26.2 Å². The standard InChI is InChI=1S/C13H26O.C12H24O/c1-3-4-5-6-7-8-9-10-11-12-13(2)14;1-3-5-7-8-9-11-12(13)10-6-4-2/h3-12H2,1-2H3;3-11H2,1-2H3. The van der Waals surface area contributed by atoms with Crippen molar-refractivity contribution in [3.8, 4) is 0 Å². The van der Waals surface area contributed by atoms with E-state index in [0.29, 0.717) is 11.6 Å². The maximum absolute atomic E-state index is 11.2. The van der Waals surface area contributed by atoms with Gasteiger partial charge >= 0.3 is 0 Å². The lowest BCUT2D eigenvalue weighted by molar-refractivity contribution is -0.119. The summed E-state index contributed by atoms with van der Waals surface area (Å²) in [6.07, 6.45) is 22.9. The van der Waals surface area contributed by atoms with Crippen molar-refractivity contribution in [1.82, 2.24) is 0 Å². The van der Waals surface area contributed by atoms with Crippen LogP contribution in [-0.4, -0.2) is 11.6 Å². The number of hydrogen-bond donors (Lipinski definition) is 0. The molecule has 0 aromatic carbocycles. The molecule has 0 saturated carbocycles. The number of unbranched alkanes of at least 4 members (excludes halogenated alkanes) is 13. The molecule has 0 aliphatic carbocycles. The van der Waals surface area contributed by atoms with E-state index in [2.05, 4.69) is 20.8 Å². The quantitative estimate of drug-likeness (QED) is 0.209. The van der Waals surface area contributed by atoms with Crippen LogP contribution in [0.1, 0.15) is 150 Å². The van der Waals surface area contributed by atoms with E-state index in [-0.39, 0.29) is 0 Å². The molecule has 0 aliphatic heterocycles. The molecule has 0 unspecified atom stereocenters. The van der Waals surface area contributed by atoms with Crippen molar-refractivity contribution in [2.45, 2.75) is 150 Å². The van der Waals surface area contributed by atoms with E-state index >= 15 is 0 Å². The molecule has 2 heteroatoms. The lowest BCUT2D eigenvalue weighted by Gasteiger charge is -2.00. The summed E-state index contributed by atoms with van der Waals surface area (Å²) in [6, 6.07) is 0. The normalized spacial score (nSPS) is 10.4. The molecule has 0 N–H and O–H groups in total. The van der Waals surface area contributed by atoms with E-state index in [4.69, 9.17) is 0 Å². The topological polar surface area (TPSA) is 34.1 Å². The highest BCUT2D eigenvalue weighted by Crippen LogP contribution is 2.10. The van der Waals surface area contributed by atoms with Gasteiger partial charge in [0.15, 0.2) is 0 Å². The van der Waals surface area contributed by atoms with Crippen LogP contribution in [0.4, 0.5) is 0 Å². The van der Waals surface area contributed by atoms with E-state index in [0.717, 1.165) is 44.9 Å². The number of ketones is 2. The molecule has 0 aromatic heterocycles. The number of rotatable bonds is 19. The van der Waals surface area contributed by atoms with Crippen molar-refractivity contribution in [2.24, 2.45) is 0 Å². The predicted octanol–water partition coefficient (Wildman–Crippen LogP) is 8.60. The third kappa shape index (κ3) is 30.3. The molecule has 0 spiro atoms. The third-order valence-electron chi connectivity index (χ3n) is 5.00. The molecule has 0 amide bonds. The van der Waals surface area contributed by atoms with Gasteiger partial charge in [-0.2, -0.15) is 0 Å². The third-order valence-corrected chi connectivity index (χ3v) is 5.00. The van der Waals surface area contributed by atoms with Crippen molar-refractivity contribution < 1.29 is 9.59 Å². The average Bonchev–Trinajstić information content (AvgIpc) is 2.65. The maximum atomic E-state index is 11.2. The molecular weight excluding hydrogens is 332 g/mol. The first kappa shape index (κ1) is 28.5. The predicted molar refractivity (Wildman–Crippen MR) is 120 cm³/mol. The Morgan fingerprint density at radius 1 is 0.444 bits per heavy atom. The van der Waals surface area contributed by atoms with Crippen molar-refractivity contribution in [3.63, 3.8) is 0 Å². The number of carbonyl (C=O) groups is 2. The summed E-state index contributed by atoms with van der Waals surface area (Å²) < 4.78 is 0. The molecule has 2 nitrogen and oxygen atoms in total. The molecule has 27 heavy (non-hydrogen) atoms. The van der Waals surface area contributed by atoms with Gasteiger partial charge in [-0.25, -0.2) is 0 Å². The van der Waals surface area contributed by atoms with Crippen LogP contribution in [0.15, 0.2) is 0 Å². The first-order chi connectivity index (χ1) is 13.1. The molecule has 0 radical (unpaired) electrons. The smallest absolute Gasteiger partial charge is 0.132 e. The second-order valence-electron chi connectivity index (χ2n) is 8.09. The Bertz CT molecular complexity index is 309.